The van der Waals surface area contributed by atoms with Crippen molar-refractivity contribution in [2.75, 3.05) is 46.4 Å². The van der Waals surface area contributed by atoms with Crippen molar-refractivity contribution in [1.29, 1.82) is 0 Å². The Morgan fingerprint density at radius 1 is 1.44 bits per heavy atom. The predicted octanol–water partition coefficient (Wildman–Crippen LogP) is -1.50. The maximum atomic E-state index is 11.6. The number of nitrogens with one attached hydrogen (secondary N) is 2. The number of methoxy groups -OCH3 is 1. The van der Waals surface area contributed by atoms with Crippen molar-refractivity contribution in [2.24, 2.45) is 0 Å². The van der Waals surface area contributed by atoms with E-state index in [1.165, 1.54) is 7.11 Å². The number of hydrogen-bond acceptors (Lipinski definition) is 5. The van der Waals surface area contributed by atoms with Gasteiger partial charge in [-0.2, -0.15) is 0 Å². The first-order chi connectivity index (χ1) is 8.61. The van der Waals surface area contributed by atoms with Gasteiger partial charge in [0.25, 0.3) is 0 Å². The Balaban J connectivity index is 2.20. The molecule has 1 fully saturated rings. The van der Waals surface area contributed by atoms with Crippen LogP contribution in [0.2, 0.25) is 0 Å². The lowest BCUT2D eigenvalue weighted by Gasteiger charge is -2.26. The van der Waals surface area contributed by atoms with Crippen molar-refractivity contribution in [3.8, 4) is 0 Å². The fourth-order valence-electron chi connectivity index (χ4n) is 1.79. The van der Waals surface area contributed by atoms with E-state index in [9.17, 15) is 9.59 Å². The summed E-state index contributed by atoms with van der Waals surface area (Å²) in [4.78, 5) is 24.2. The summed E-state index contributed by atoms with van der Waals surface area (Å²) in [5, 5.41) is 14.5. The Morgan fingerprint density at radius 2 is 2.11 bits per heavy atom. The fraction of sp³-hybridized carbons (Fsp3) is 0.818. The third-order valence-corrected chi connectivity index (χ3v) is 2.84. The molecule has 0 bridgehead atoms. The summed E-state index contributed by atoms with van der Waals surface area (Å²) in [6.45, 7) is 4.09. The van der Waals surface area contributed by atoms with E-state index >= 15 is 0 Å². The Morgan fingerprint density at radius 3 is 2.67 bits per heavy atom. The van der Waals surface area contributed by atoms with Crippen LogP contribution in [0.15, 0.2) is 0 Å². The second kappa shape index (κ2) is 8.02. The van der Waals surface area contributed by atoms with E-state index in [1.54, 1.807) is 0 Å². The van der Waals surface area contributed by atoms with Crippen LogP contribution in [0.1, 0.15) is 6.42 Å². The highest BCUT2D eigenvalue weighted by Gasteiger charge is 2.16. The van der Waals surface area contributed by atoms with E-state index in [-0.39, 0.29) is 18.9 Å². The van der Waals surface area contributed by atoms with Gasteiger partial charge in [0, 0.05) is 39.8 Å². The summed E-state index contributed by atoms with van der Waals surface area (Å²) < 4.78 is 4.98. The van der Waals surface area contributed by atoms with Crippen LogP contribution in [0.5, 0.6) is 0 Å². The van der Waals surface area contributed by atoms with E-state index < -0.39 is 12.1 Å². The van der Waals surface area contributed by atoms with Gasteiger partial charge in [0.2, 0.25) is 5.91 Å². The van der Waals surface area contributed by atoms with Crippen molar-refractivity contribution in [1.82, 2.24) is 15.5 Å². The molecular formula is C11H21N3O4. The SMILES string of the molecule is COC(CNC(=O)CN1CCNCC1)CC(=O)O. The van der Waals surface area contributed by atoms with Crippen LogP contribution in [-0.2, 0) is 14.3 Å². The van der Waals surface area contributed by atoms with E-state index in [4.69, 9.17) is 9.84 Å². The quantitative estimate of drug-likeness (QED) is 0.515. The monoisotopic (exact) mass is 259 g/mol. The molecule has 0 aliphatic carbocycles. The summed E-state index contributed by atoms with van der Waals surface area (Å²) in [6.07, 6.45) is -0.584. The first kappa shape index (κ1) is 14.9. The maximum absolute atomic E-state index is 11.6. The molecule has 0 saturated carbocycles. The lowest BCUT2D eigenvalue weighted by atomic mass is 10.2. The minimum Gasteiger partial charge on any atom is -0.481 e. The van der Waals surface area contributed by atoms with Gasteiger partial charge in [-0.3, -0.25) is 14.5 Å². The van der Waals surface area contributed by atoms with Crippen molar-refractivity contribution < 1.29 is 19.4 Å². The van der Waals surface area contributed by atoms with Gasteiger partial charge in [0.1, 0.15) is 0 Å². The standard InChI is InChI=1S/C11H21N3O4/c1-18-9(6-11(16)17)7-13-10(15)8-14-4-2-12-3-5-14/h9,12H,2-8H2,1H3,(H,13,15)(H,16,17). The molecule has 18 heavy (non-hydrogen) atoms. The number of amides is 1. The third-order valence-electron chi connectivity index (χ3n) is 2.84. The van der Waals surface area contributed by atoms with E-state index in [2.05, 4.69) is 15.5 Å². The van der Waals surface area contributed by atoms with Crippen LogP contribution in [0, 0.1) is 0 Å². The number of aliphatic carboxylic acids is 1. The number of carbonyl (C=O) groups excluding carboxylic acids is 1. The van der Waals surface area contributed by atoms with Gasteiger partial charge in [-0.1, -0.05) is 0 Å². The normalized spacial score (nSPS) is 18.3. The van der Waals surface area contributed by atoms with Crippen molar-refractivity contribution >= 4 is 11.9 Å². The molecule has 0 radical (unpaired) electrons. The third kappa shape index (κ3) is 5.95. The summed E-state index contributed by atoms with van der Waals surface area (Å²) in [6, 6.07) is 0. The maximum Gasteiger partial charge on any atom is 0.306 e. The number of carboxylic acid groups (broad SMARTS) is 1. The highest BCUT2D eigenvalue weighted by molar-refractivity contribution is 5.78. The molecule has 1 rings (SSSR count). The molecule has 0 spiro atoms. The van der Waals surface area contributed by atoms with Gasteiger partial charge < -0.3 is 20.5 Å². The molecule has 1 aliphatic rings. The van der Waals surface area contributed by atoms with Crippen LogP contribution < -0.4 is 10.6 Å². The average Bonchev–Trinajstić information content (AvgIpc) is 2.35. The van der Waals surface area contributed by atoms with Crippen LogP contribution in [-0.4, -0.2) is 74.4 Å². The average molecular weight is 259 g/mol. The minimum atomic E-state index is -0.932. The molecule has 1 saturated heterocycles. The van der Waals surface area contributed by atoms with E-state index in [0.29, 0.717) is 6.54 Å². The molecule has 1 heterocycles. The van der Waals surface area contributed by atoms with Crippen LogP contribution in [0.3, 0.4) is 0 Å². The lowest BCUT2D eigenvalue weighted by Crippen LogP contribution is -2.48. The molecule has 1 aliphatic heterocycles. The Hall–Kier alpha value is -1.18. The van der Waals surface area contributed by atoms with E-state index in [0.717, 1.165) is 26.2 Å². The summed E-state index contributed by atoms with van der Waals surface area (Å²) in [7, 11) is 1.44. The molecule has 7 nitrogen and oxygen atoms in total. The number of hydrogen-bond donors (Lipinski definition) is 3. The van der Waals surface area contributed by atoms with Crippen molar-refractivity contribution in [2.45, 2.75) is 12.5 Å². The zero-order chi connectivity index (χ0) is 13.4. The highest BCUT2D eigenvalue weighted by atomic mass is 16.5. The lowest BCUT2D eigenvalue weighted by molar-refractivity contribution is -0.140. The molecule has 0 aromatic carbocycles. The minimum absolute atomic E-state index is 0.0932. The van der Waals surface area contributed by atoms with Crippen LogP contribution in [0.25, 0.3) is 0 Å². The molecule has 0 aromatic rings. The molecule has 1 amide bonds. The Labute approximate surface area is 106 Å². The zero-order valence-electron chi connectivity index (χ0n) is 10.6. The Kier molecular flexibility index (Phi) is 6.63. The second-order valence-corrected chi connectivity index (χ2v) is 4.29. The van der Waals surface area contributed by atoms with Gasteiger partial charge in [0.05, 0.1) is 19.1 Å². The van der Waals surface area contributed by atoms with Gasteiger partial charge in [-0.15, -0.1) is 0 Å². The number of ether oxygens (including phenoxy) is 1. The topological polar surface area (TPSA) is 90.9 Å². The number of rotatable bonds is 7. The summed E-state index contributed by atoms with van der Waals surface area (Å²) in [5.74, 6) is -1.03. The molecule has 104 valence electrons. The zero-order valence-corrected chi connectivity index (χ0v) is 10.6. The number of carboxylic acids is 1. The largest absolute Gasteiger partial charge is 0.481 e. The number of nitrogens with zero attached hydrogens (tertiary/aromatic N) is 1. The summed E-state index contributed by atoms with van der Waals surface area (Å²) in [5.41, 5.74) is 0. The van der Waals surface area contributed by atoms with Crippen molar-refractivity contribution in [3.63, 3.8) is 0 Å². The molecular weight excluding hydrogens is 238 g/mol. The molecule has 1 unspecified atom stereocenters. The van der Waals surface area contributed by atoms with Gasteiger partial charge >= 0.3 is 5.97 Å². The molecule has 0 aromatic heterocycles. The molecule has 3 N–H and O–H groups in total. The number of piperazine rings is 1. The fourth-order valence-corrected chi connectivity index (χ4v) is 1.79. The number of carbonyl (C=O) groups is 2. The van der Waals surface area contributed by atoms with Gasteiger partial charge in [0.15, 0.2) is 0 Å². The smallest absolute Gasteiger partial charge is 0.306 e. The van der Waals surface area contributed by atoms with Crippen LogP contribution in [0.4, 0.5) is 0 Å². The second-order valence-electron chi connectivity index (χ2n) is 4.29. The first-order valence-electron chi connectivity index (χ1n) is 6.06. The highest BCUT2D eigenvalue weighted by Crippen LogP contribution is 1.96. The van der Waals surface area contributed by atoms with Crippen molar-refractivity contribution in [3.05, 3.63) is 0 Å². The summed E-state index contributed by atoms with van der Waals surface area (Å²) >= 11 is 0. The van der Waals surface area contributed by atoms with Gasteiger partial charge in [-0.05, 0) is 0 Å². The predicted molar refractivity (Wildman–Crippen MR) is 65.4 cm³/mol. The van der Waals surface area contributed by atoms with Crippen LogP contribution >= 0.6 is 0 Å². The van der Waals surface area contributed by atoms with E-state index in [1.807, 2.05) is 0 Å². The molecule has 7 heteroatoms. The Bertz CT molecular complexity index is 279. The first-order valence-corrected chi connectivity index (χ1v) is 6.06. The van der Waals surface area contributed by atoms with Gasteiger partial charge in [-0.25, -0.2) is 0 Å². The molecule has 1 atom stereocenters.